The van der Waals surface area contributed by atoms with Gasteiger partial charge in [0.05, 0.1) is 17.6 Å². The average Bonchev–Trinajstić information content (AvgIpc) is 2.98. The summed E-state index contributed by atoms with van der Waals surface area (Å²) < 4.78 is 2.38. The van der Waals surface area contributed by atoms with E-state index in [1.54, 1.807) is 0 Å². The Kier molecular flexibility index (Phi) is 4.03. The van der Waals surface area contributed by atoms with Gasteiger partial charge in [0, 0.05) is 12.6 Å². The lowest BCUT2D eigenvalue weighted by Gasteiger charge is -2.18. The number of rotatable bonds is 5. The van der Waals surface area contributed by atoms with Gasteiger partial charge >= 0.3 is 0 Å². The number of aryl methyl sites for hydroxylation is 1. The van der Waals surface area contributed by atoms with Crippen molar-refractivity contribution in [2.24, 2.45) is 5.41 Å². The fraction of sp³-hybridized carbons (Fsp3) is 0.611. The van der Waals surface area contributed by atoms with Crippen LogP contribution in [-0.4, -0.2) is 15.6 Å². The van der Waals surface area contributed by atoms with Crippen LogP contribution in [0.3, 0.4) is 0 Å². The second-order valence-corrected chi connectivity index (χ2v) is 7.15. The molecule has 1 saturated carbocycles. The normalized spacial score (nSPS) is 21.2. The highest BCUT2D eigenvalue weighted by Gasteiger charge is 2.30. The lowest BCUT2D eigenvalue weighted by atomic mass is 9.92. The Labute approximate surface area is 127 Å². The minimum Gasteiger partial charge on any atom is -0.327 e. The maximum atomic E-state index is 4.83. The Morgan fingerprint density at radius 1 is 1.33 bits per heavy atom. The van der Waals surface area contributed by atoms with Crippen molar-refractivity contribution in [1.29, 1.82) is 0 Å². The molecule has 1 unspecified atom stereocenters. The van der Waals surface area contributed by atoms with Crippen LogP contribution in [0.5, 0.6) is 0 Å². The summed E-state index contributed by atoms with van der Waals surface area (Å²) in [6, 6.07) is 9.12. The van der Waals surface area contributed by atoms with E-state index in [0.717, 1.165) is 25.0 Å². The number of benzene rings is 1. The first kappa shape index (κ1) is 14.6. The van der Waals surface area contributed by atoms with E-state index >= 15 is 0 Å². The summed E-state index contributed by atoms with van der Waals surface area (Å²) in [5.41, 5.74) is 2.89. The van der Waals surface area contributed by atoms with Crippen molar-refractivity contribution in [3.63, 3.8) is 0 Å². The summed E-state index contributed by atoms with van der Waals surface area (Å²) in [5.74, 6) is 1.18. The van der Waals surface area contributed by atoms with Crippen molar-refractivity contribution >= 4 is 11.0 Å². The van der Waals surface area contributed by atoms with E-state index in [2.05, 4.69) is 54.9 Å². The van der Waals surface area contributed by atoms with Gasteiger partial charge in [0.25, 0.3) is 0 Å². The number of aromatic nitrogens is 2. The molecule has 114 valence electrons. The number of nitrogens with one attached hydrogen (secondary N) is 1. The molecule has 0 aliphatic heterocycles. The van der Waals surface area contributed by atoms with Gasteiger partial charge in [-0.2, -0.15) is 0 Å². The van der Waals surface area contributed by atoms with Gasteiger partial charge in [-0.1, -0.05) is 32.9 Å². The summed E-state index contributed by atoms with van der Waals surface area (Å²) in [7, 11) is 0. The number of para-hydroxylation sites is 2. The van der Waals surface area contributed by atoms with Gasteiger partial charge in [0.1, 0.15) is 5.82 Å². The highest BCUT2D eigenvalue weighted by molar-refractivity contribution is 5.75. The van der Waals surface area contributed by atoms with Crippen molar-refractivity contribution in [2.75, 3.05) is 0 Å². The van der Waals surface area contributed by atoms with Gasteiger partial charge < -0.3 is 9.88 Å². The summed E-state index contributed by atoms with van der Waals surface area (Å²) in [6.45, 7) is 8.91. The molecular formula is C18H27N3. The van der Waals surface area contributed by atoms with E-state index in [9.17, 15) is 0 Å². The van der Waals surface area contributed by atoms with Gasteiger partial charge in [-0.05, 0) is 43.2 Å². The van der Waals surface area contributed by atoms with Gasteiger partial charge in [-0.15, -0.1) is 0 Å². The molecule has 1 aliphatic carbocycles. The molecule has 1 N–H and O–H groups in total. The van der Waals surface area contributed by atoms with Crippen LogP contribution in [0.4, 0.5) is 0 Å². The molecule has 1 atom stereocenters. The fourth-order valence-electron chi connectivity index (χ4n) is 3.58. The van der Waals surface area contributed by atoms with Crippen molar-refractivity contribution in [3.8, 4) is 0 Å². The maximum Gasteiger partial charge on any atom is 0.123 e. The molecule has 3 nitrogen and oxygen atoms in total. The molecule has 1 aromatic carbocycles. The molecule has 1 aliphatic rings. The molecule has 0 bridgehead atoms. The summed E-state index contributed by atoms with van der Waals surface area (Å²) in [5, 5.41) is 3.73. The third-order valence-corrected chi connectivity index (χ3v) is 4.70. The molecule has 1 fully saturated rings. The van der Waals surface area contributed by atoms with Gasteiger partial charge in [0.2, 0.25) is 0 Å². The minimum atomic E-state index is 0.501. The standard InChI is InChI=1S/C18H27N3/c1-4-11-21-16-8-6-5-7-15(16)20-17(21)13-19-14-9-10-18(2,3)12-14/h5-8,14,19H,4,9-13H2,1-3H3. The zero-order valence-electron chi connectivity index (χ0n) is 13.5. The first-order chi connectivity index (χ1) is 10.1. The van der Waals surface area contributed by atoms with Crippen LogP contribution in [0.25, 0.3) is 11.0 Å². The second kappa shape index (κ2) is 5.80. The van der Waals surface area contributed by atoms with Crippen molar-refractivity contribution in [2.45, 2.75) is 65.6 Å². The predicted molar refractivity (Wildman–Crippen MR) is 88.3 cm³/mol. The number of hydrogen-bond donors (Lipinski definition) is 1. The molecule has 0 radical (unpaired) electrons. The highest BCUT2D eigenvalue weighted by Crippen LogP contribution is 2.37. The molecule has 3 heteroatoms. The molecule has 3 rings (SSSR count). The molecular weight excluding hydrogens is 258 g/mol. The zero-order valence-corrected chi connectivity index (χ0v) is 13.5. The van der Waals surface area contributed by atoms with Crippen molar-refractivity contribution in [3.05, 3.63) is 30.1 Å². The molecule has 0 amide bonds. The molecule has 0 saturated heterocycles. The van der Waals surface area contributed by atoms with Crippen molar-refractivity contribution in [1.82, 2.24) is 14.9 Å². The smallest absolute Gasteiger partial charge is 0.123 e. The fourth-order valence-corrected chi connectivity index (χ4v) is 3.58. The Hall–Kier alpha value is -1.35. The number of imidazole rings is 1. The van der Waals surface area contributed by atoms with Gasteiger partial charge in [-0.25, -0.2) is 4.98 Å². The van der Waals surface area contributed by atoms with Crippen LogP contribution < -0.4 is 5.32 Å². The SMILES string of the molecule is CCCn1c(CNC2CCC(C)(C)C2)nc2ccccc21. The number of fused-ring (bicyclic) bond motifs is 1. The summed E-state index contributed by atoms with van der Waals surface area (Å²) in [4.78, 5) is 4.83. The molecule has 21 heavy (non-hydrogen) atoms. The lowest BCUT2D eigenvalue weighted by Crippen LogP contribution is -2.28. The maximum absolute atomic E-state index is 4.83. The van der Waals surface area contributed by atoms with E-state index in [0.29, 0.717) is 11.5 Å². The molecule has 1 aromatic heterocycles. The van der Waals surface area contributed by atoms with Gasteiger partial charge in [-0.3, -0.25) is 0 Å². The number of nitrogens with zero attached hydrogens (tertiary/aromatic N) is 2. The van der Waals surface area contributed by atoms with Crippen LogP contribution in [-0.2, 0) is 13.1 Å². The third-order valence-electron chi connectivity index (χ3n) is 4.70. The van der Waals surface area contributed by atoms with E-state index < -0.39 is 0 Å². The van der Waals surface area contributed by atoms with E-state index in [1.165, 1.54) is 30.6 Å². The molecule has 1 heterocycles. The predicted octanol–water partition coefficient (Wildman–Crippen LogP) is 4.11. The minimum absolute atomic E-state index is 0.501. The Morgan fingerprint density at radius 3 is 2.86 bits per heavy atom. The first-order valence-electron chi connectivity index (χ1n) is 8.26. The Bertz CT molecular complexity index is 612. The zero-order chi connectivity index (χ0) is 14.9. The Morgan fingerprint density at radius 2 is 2.14 bits per heavy atom. The van der Waals surface area contributed by atoms with Gasteiger partial charge in [0.15, 0.2) is 0 Å². The average molecular weight is 285 g/mol. The summed E-state index contributed by atoms with van der Waals surface area (Å²) >= 11 is 0. The van der Waals surface area contributed by atoms with E-state index in [4.69, 9.17) is 4.98 Å². The quantitative estimate of drug-likeness (QED) is 0.895. The van der Waals surface area contributed by atoms with Crippen LogP contribution in [0, 0.1) is 5.41 Å². The van der Waals surface area contributed by atoms with Crippen LogP contribution >= 0.6 is 0 Å². The van der Waals surface area contributed by atoms with Crippen LogP contribution in [0.15, 0.2) is 24.3 Å². The second-order valence-electron chi connectivity index (χ2n) is 7.15. The van der Waals surface area contributed by atoms with Crippen LogP contribution in [0.2, 0.25) is 0 Å². The lowest BCUT2D eigenvalue weighted by molar-refractivity contribution is 0.363. The molecule has 0 spiro atoms. The topological polar surface area (TPSA) is 29.9 Å². The first-order valence-corrected chi connectivity index (χ1v) is 8.26. The largest absolute Gasteiger partial charge is 0.327 e. The third kappa shape index (κ3) is 3.13. The summed E-state index contributed by atoms with van der Waals surface area (Å²) in [6.07, 6.45) is 5.04. The monoisotopic (exact) mass is 285 g/mol. The van der Waals surface area contributed by atoms with E-state index in [-0.39, 0.29) is 0 Å². The number of hydrogen-bond acceptors (Lipinski definition) is 2. The Balaban J connectivity index is 1.75. The highest BCUT2D eigenvalue weighted by atomic mass is 15.1. The van der Waals surface area contributed by atoms with E-state index in [1.807, 2.05) is 0 Å². The van der Waals surface area contributed by atoms with Crippen molar-refractivity contribution < 1.29 is 0 Å². The molecule has 2 aromatic rings. The van der Waals surface area contributed by atoms with Crippen LogP contribution in [0.1, 0.15) is 52.3 Å².